The Morgan fingerprint density at radius 2 is 1.06 bits per heavy atom. The lowest BCUT2D eigenvalue weighted by Gasteiger charge is -2.05. The second kappa shape index (κ2) is 3.81. The van der Waals surface area contributed by atoms with Crippen molar-refractivity contribution >= 4 is 0 Å². The van der Waals surface area contributed by atoms with Gasteiger partial charge >= 0.3 is 0 Å². The minimum Gasteiger partial charge on any atom is -0.508 e. The maximum absolute atomic E-state index is 13.4. The first-order valence-corrected chi connectivity index (χ1v) is 4.55. The fourth-order valence-corrected chi connectivity index (χ4v) is 1.44. The van der Waals surface area contributed by atoms with Crippen LogP contribution in [0, 0.1) is 11.6 Å². The SMILES string of the molecule is Oc1ccc(-c2ccc(O)cc2F)c(F)c1. The van der Waals surface area contributed by atoms with Gasteiger partial charge in [0.05, 0.1) is 0 Å². The predicted molar refractivity (Wildman–Crippen MR) is 55.1 cm³/mol. The lowest BCUT2D eigenvalue weighted by Crippen LogP contribution is -1.88. The third kappa shape index (κ3) is 1.82. The van der Waals surface area contributed by atoms with Crippen LogP contribution in [0.3, 0.4) is 0 Å². The molecule has 4 heteroatoms. The van der Waals surface area contributed by atoms with Gasteiger partial charge < -0.3 is 10.2 Å². The van der Waals surface area contributed by atoms with Crippen LogP contribution >= 0.6 is 0 Å². The normalized spacial score (nSPS) is 10.4. The number of phenols is 2. The molecule has 0 radical (unpaired) electrons. The van der Waals surface area contributed by atoms with E-state index >= 15 is 0 Å². The first-order valence-electron chi connectivity index (χ1n) is 4.55. The van der Waals surface area contributed by atoms with Gasteiger partial charge in [-0.1, -0.05) is 0 Å². The van der Waals surface area contributed by atoms with Gasteiger partial charge in [0.15, 0.2) is 0 Å². The zero-order valence-electron chi connectivity index (χ0n) is 8.11. The van der Waals surface area contributed by atoms with E-state index in [-0.39, 0.29) is 22.6 Å². The summed E-state index contributed by atoms with van der Waals surface area (Å²) in [6.45, 7) is 0. The molecule has 0 heterocycles. The van der Waals surface area contributed by atoms with Crippen molar-refractivity contribution in [3.05, 3.63) is 48.0 Å². The van der Waals surface area contributed by atoms with Gasteiger partial charge in [0.25, 0.3) is 0 Å². The van der Waals surface area contributed by atoms with Gasteiger partial charge in [0, 0.05) is 23.3 Å². The second-order valence-electron chi connectivity index (χ2n) is 3.33. The molecule has 16 heavy (non-hydrogen) atoms. The quantitative estimate of drug-likeness (QED) is 0.778. The van der Waals surface area contributed by atoms with E-state index in [4.69, 9.17) is 10.2 Å². The molecule has 0 bridgehead atoms. The van der Waals surface area contributed by atoms with Gasteiger partial charge in [-0.25, -0.2) is 8.78 Å². The summed E-state index contributed by atoms with van der Waals surface area (Å²) in [6, 6.07) is 6.90. The maximum atomic E-state index is 13.4. The van der Waals surface area contributed by atoms with Crippen LogP contribution in [0.4, 0.5) is 8.78 Å². The van der Waals surface area contributed by atoms with Crippen molar-refractivity contribution in [2.45, 2.75) is 0 Å². The molecule has 2 aromatic carbocycles. The van der Waals surface area contributed by atoms with Gasteiger partial charge in [-0.2, -0.15) is 0 Å². The molecule has 2 aromatic rings. The predicted octanol–water partition coefficient (Wildman–Crippen LogP) is 3.04. The van der Waals surface area contributed by atoms with Gasteiger partial charge in [-0.05, 0) is 24.3 Å². The lowest BCUT2D eigenvalue weighted by molar-refractivity contribution is 0.467. The fraction of sp³-hybridized carbons (Fsp3) is 0. The highest BCUT2D eigenvalue weighted by Gasteiger charge is 2.10. The summed E-state index contributed by atoms with van der Waals surface area (Å²) in [4.78, 5) is 0. The van der Waals surface area contributed by atoms with E-state index in [0.717, 1.165) is 12.1 Å². The van der Waals surface area contributed by atoms with E-state index in [1.165, 1.54) is 24.3 Å². The Balaban J connectivity index is 2.59. The zero-order chi connectivity index (χ0) is 11.7. The van der Waals surface area contributed by atoms with Crippen molar-refractivity contribution in [1.82, 2.24) is 0 Å². The van der Waals surface area contributed by atoms with Crippen LogP contribution in [0.5, 0.6) is 11.5 Å². The number of halogens is 2. The summed E-state index contributed by atoms with van der Waals surface area (Å²) in [5, 5.41) is 18.0. The molecule has 0 aliphatic rings. The minimum absolute atomic E-state index is 0.0373. The van der Waals surface area contributed by atoms with E-state index < -0.39 is 11.6 Å². The Morgan fingerprint density at radius 1 is 0.688 bits per heavy atom. The number of benzene rings is 2. The molecular formula is C12H8F2O2. The molecule has 0 saturated heterocycles. The Kier molecular flexibility index (Phi) is 2.48. The molecular weight excluding hydrogens is 214 g/mol. The first kappa shape index (κ1) is 10.4. The van der Waals surface area contributed by atoms with E-state index in [9.17, 15) is 8.78 Å². The number of phenolic OH excluding ortho intramolecular Hbond substituents is 2. The monoisotopic (exact) mass is 222 g/mol. The standard InChI is InChI=1S/C12H8F2O2/c13-11-5-7(15)1-3-9(11)10-4-2-8(16)6-12(10)14/h1-6,15-16H. The number of aromatic hydroxyl groups is 2. The van der Waals surface area contributed by atoms with Crippen molar-refractivity contribution in [1.29, 1.82) is 0 Å². The van der Waals surface area contributed by atoms with Crippen molar-refractivity contribution in [2.24, 2.45) is 0 Å². The molecule has 0 aromatic heterocycles. The largest absolute Gasteiger partial charge is 0.508 e. The fourth-order valence-electron chi connectivity index (χ4n) is 1.44. The van der Waals surface area contributed by atoms with E-state index in [0.29, 0.717) is 0 Å². The summed E-state index contributed by atoms with van der Waals surface area (Å²) in [5.41, 5.74) is 0.0746. The second-order valence-corrected chi connectivity index (χ2v) is 3.33. The summed E-state index contributed by atoms with van der Waals surface area (Å²) in [7, 11) is 0. The molecule has 2 nitrogen and oxygen atoms in total. The highest BCUT2D eigenvalue weighted by atomic mass is 19.1. The molecule has 0 amide bonds. The topological polar surface area (TPSA) is 40.5 Å². The van der Waals surface area contributed by atoms with Crippen LogP contribution in [0.2, 0.25) is 0 Å². The average Bonchev–Trinajstić information content (AvgIpc) is 2.19. The number of hydrogen-bond acceptors (Lipinski definition) is 2. The summed E-state index contributed by atoms with van der Waals surface area (Å²) >= 11 is 0. The van der Waals surface area contributed by atoms with Gasteiger partial charge in [0.2, 0.25) is 0 Å². The van der Waals surface area contributed by atoms with Crippen molar-refractivity contribution in [2.75, 3.05) is 0 Å². The van der Waals surface area contributed by atoms with Gasteiger partial charge in [0.1, 0.15) is 23.1 Å². The Hall–Kier alpha value is -2.10. The van der Waals surface area contributed by atoms with Crippen LogP contribution in [-0.2, 0) is 0 Å². The van der Waals surface area contributed by atoms with Crippen LogP contribution in [-0.4, -0.2) is 10.2 Å². The molecule has 0 fully saturated rings. The molecule has 0 aliphatic heterocycles. The maximum Gasteiger partial charge on any atom is 0.134 e. The summed E-state index contributed by atoms with van der Waals surface area (Å²) in [6.07, 6.45) is 0. The van der Waals surface area contributed by atoms with Gasteiger partial charge in [-0.15, -0.1) is 0 Å². The minimum atomic E-state index is -0.718. The number of rotatable bonds is 1. The van der Waals surface area contributed by atoms with E-state index in [1.807, 2.05) is 0 Å². The highest BCUT2D eigenvalue weighted by molar-refractivity contribution is 5.66. The molecule has 82 valence electrons. The highest BCUT2D eigenvalue weighted by Crippen LogP contribution is 2.29. The summed E-state index contributed by atoms with van der Waals surface area (Å²) < 4.78 is 26.9. The van der Waals surface area contributed by atoms with Crippen LogP contribution in [0.25, 0.3) is 11.1 Å². The Morgan fingerprint density at radius 3 is 1.38 bits per heavy atom. The smallest absolute Gasteiger partial charge is 0.134 e. The Labute approximate surface area is 90.4 Å². The third-order valence-corrected chi connectivity index (χ3v) is 2.20. The average molecular weight is 222 g/mol. The first-order chi connectivity index (χ1) is 7.58. The summed E-state index contributed by atoms with van der Waals surface area (Å²) in [5.74, 6) is -1.88. The molecule has 0 aliphatic carbocycles. The van der Waals surface area contributed by atoms with Crippen LogP contribution in [0.1, 0.15) is 0 Å². The van der Waals surface area contributed by atoms with Crippen molar-refractivity contribution in [3.63, 3.8) is 0 Å². The zero-order valence-corrected chi connectivity index (χ0v) is 8.11. The Bertz CT molecular complexity index is 489. The van der Waals surface area contributed by atoms with E-state index in [1.54, 1.807) is 0 Å². The lowest BCUT2D eigenvalue weighted by atomic mass is 10.0. The van der Waals surface area contributed by atoms with Crippen LogP contribution in [0.15, 0.2) is 36.4 Å². The van der Waals surface area contributed by atoms with E-state index in [2.05, 4.69) is 0 Å². The molecule has 0 atom stereocenters. The molecule has 0 saturated carbocycles. The number of hydrogen-bond donors (Lipinski definition) is 2. The molecule has 2 rings (SSSR count). The molecule has 0 unspecified atom stereocenters. The molecule has 2 N–H and O–H groups in total. The third-order valence-electron chi connectivity index (χ3n) is 2.20. The van der Waals surface area contributed by atoms with Crippen molar-refractivity contribution < 1.29 is 19.0 Å². The van der Waals surface area contributed by atoms with Crippen LogP contribution < -0.4 is 0 Å². The van der Waals surface area contributed by atoms with Gasteiger partial charge in [-0.3, -0.25) is 0 Å². The molecule has 0 spiro atoms. The van der Waals surface area contributed by atoms with Crippen molar-refractivity contribution in [3.8, 4) is 22.6 Å².